The summed E-state index contributed by atoms with van der Waals surface area (Å²) in [5.41, 5.74) is 7.14. The molecule has 1 aromatic carbocycles. The first kappa shape index (κ1) is 18.4. The lowest BCUT2D eigenvalue weighted by Gasteiger charge is -2.30. The molecule has 0 N–H and O–H groups in total. The smallest absolute Gasteiger partial charge is 0.128 e. The van der Waals surface area contributed by atoms with Crippen molar-refractivity contribution in [3.05, 3.63) is 66.1 Å². The van der Waals surface area contributed by atoms with Crippen molar-refractivity contribution in [2.75, 3.05) is 18.0 Å². The second-order valence-corrected chi connectivity index (χ2v) is 7.59. The van der Waals surface area contributed by atoms with Crippen molar-refractivity contribution in [1.29, 1.82) is 0 Å². The Bertz CT molecular complexity index is 973. The van der Waals surface area contributed by atoms with Gasteiger partial charge in [-0.15, -0.1) is 0 Å². The summed E-state index contributed by atoms with van der Waals surface area (Å²) in [7, 11) is 0. The van der Waals surface area contributed by atoms with Crippen LogP contribution in [0.25, 0.3) is 22.3 Å². The van der Waals surface area contributed by atoms with E-state index in [-0.39, 0.29) is 5.92 Å². The fourth-order valence-electron chi connectivity index (χ4n) is 3.90. The lowest BCUT2D eigenvalue weighted by Crippen LogP contribution is -2.34. The van der Waals surface area contributed by atoms with E-state index < -0.39 is 0 Å². The topological polar surface area (TPSA) is 46.1 Å². The minimum Gasteiger partial charge on any atom is -0.357 e. The lowest BCUT2D eigenvalue weighted by molar-refractivity contribution is -0.111. The third-order valence-electron chi connectivity index (χ3n) is 5.69. The first-order valence-electron chi connectivity index (χ1n) is 9.84. The Morgan fingerprint density at radius 3 is 2.36 bits per heavy atom. The number of rotatable bonds is 4. The highest BCUT2D eigenvalue weighted by Gasteiger charge is 2.19. The Labute approximate surface area is 166 Å². The minimum atomic E-state index is 0.209. The molecule has 1 aliphatic heterocycles. The molecule has 0 spiro atoms. The molecule has 28 heavy (non-hydrogen) atoms. The summed E-state index contributed by atoms with van der Waals surface area (Å²) in [5.74, 6) is 1.20. The van der Waals surface area contributed by atoms with Gasteiger partial charge in [0.15, 0.2) is 0 Å². The van der Waals surface area contributed by atoms with E-state index in [0.717, 1.165) is 43.6 Å². The van der Waals surface area contributed by atoms with Gasteiger partial charge in [0.2, 0.25) is 0 Å². The number of aromatic nitrogens is 2. The Morgan fingerprint density at radius 2 is 1.71 bits per heavy atom. The van der Waals surface area contributed by atoms with E-state index in [9.17, 15) is 4.79 Å². The van der Waals surface area contributed by atoms with Crippen molar-refractivity contribution in [2.24, 2.45) is 5.92 Å². The summed E-state index contributed by atoms with van der Waals surface area (Å²) < 4.78 is 0. The van der Waals surface area contributed by atoms with Gasteiger partial charge < -0.3 is 9.69 Å². The molecule has 0 saturated carbocycles. The summed E-state index contributed by atoms with van der Waals surface area (Å²) in [6.07, 6.45) is 8.64. The van der Waals surface area contributed by atoms with Crippen LogP contribution >= 0.6 is 0 Å². The number of carbonyl (C=O) groups excluding carboxylic acids is 1. The molecule has 4 rings (SSSR count). The number of pyridine rings is 2. The zero-order valence-electron chi connectivity index (χ0n) is 16.4. The van der Waals surface area contributed by atoms with Gasteiger partial charge in [0, 0.05) is 48.7 Å². The number of piperidine rings is 1. The van der Waals surface area contributed by atoms with Crippen molar-refractivity contribution in [1.82, 2.24) is 9.97 Å². The quantitative estimate of drug-likeness (QED) is 0.616. The van der Waals surface area contributed by atoms with Crippen LogP contribution in [0.4, 0.5) is 5.82 Å². The van der Waals surface area contributed by atoms with Crippen LogP contribution in [0.1, 0.15) is 24.0 Å². The molecule has 0 aliphatic carbocycles. The lowest BCUT2D eigenvalue weighted by atomic mass is 9.95. The number of carbonyl (C=O) groups is 1. The Morgan fingerprint density at radius 1 is 0.929 bits per heavy atom. The second kappa shape index (κ2) is 7.93. The number of hydrogen-bond donors (Lipinski definition) is 0. The Balaban J connectivity index is 1.54. The van der Waals surface area contributed by atoms with Crippen molar-refractivity contribution in [3.63, 3.8) is 0 Å². The van der Waals surface area contributed by atoms with Crippen LogP contribution in [0, 0.1) is 19.8 Å². The fourth-order valence-corrected chi connectivity index (χ4v) is 3.90. The standard InChI is InChI=1S/C24H25N3O/c1-17-7-10-25-15-23(17)22-5-3-20(13-18(22)2)21-4-6-24(26-14-21)27-11-8-19(16-28)9-12-27/h3-7,10,13-16,19H,8-9,11-12H2,1-2H3. The van der Waals surface area contributed by atoms with Crippen molar-refractivity contribution in [3.8, 4) is 22.3 Å². The third kappa shape index (κ3) is 3.68. The van der Waals surface area contributed by atoms with Crippen LogP contribution in [0.2, 0.25) is 0 Å². The molecule has 0 unspecified atom stereocenters. The molecule has 0 atom stereocenters. The van der Waals surface area contributed by atoms with Gasteiger partial charge in [-0.1, -0.05) is 18.2 Å². The second-order valence-electron chi connectivity index (χ2n) is 7.59. The predicted octanol–water partition coefficient (Wildman–Crippen LogP) is 4.84. The molecule has 0 radical (unpaired) electrons. The molecule has 0 amide bonds. The van der Waals surface area contributed by atoms with Crippen LogP contribution in [0.3, 0.4) is 0 Å². The van der Waals surface area contributed by atoms with Crippen LogP contribution < -0.4 is 4.90 Å². The number of aryl methyl sites for hydroxylation is 2. The van der Waals surface area contributed by atoms with Gasteiger partial charge in [-0.2, -0.15) is 0 Å². The maximum absolute atomic E-state index is 10.9. The highest BCUT2D eigenvalue weighted by Crippen LogP contribution is 2.30. The monoisotopic (exact) mass is 371 g/mol. The van der Waals surface area contributed by atoms with Gasteiger partial charge in [-0.25, -0.2) is 4.98 Å². The zero-order valence-corrected chi connectivity index (χ0v) is 16.4. The van der Waals surface area contributed by atoms with E-state index in [0.29, 0.717) is 0 Å². The first-order valence-corrected chi connectivity index (χ1v) is 9.84. The van der Waals surface area contributed by atoms with Gasteiger partial charge in [0.25, 0.3) is 0 Å². The summed E-state index contributed by atoms with van der Waals surface area (Å²) in [5, 5.41) is 0. The molecule has 142 valence electrons. The number of nitrogens with zero attached hydrogens (tertiary/aromatic N) is 3. The average Bonchev–Trinajstić information content (AvgIpc) is 2.74. The molecule has 0 bridgehead atoms. The molecule has 1 fully saturated rings. The molecule has 2 aromatic heterocycles. The van der Waals surface area contributed by atoms with Crippen LogP contribution in [-0.2, 0) is 4.79 Å². The first-order chi connectivity index (χ1) is 13.7. The van der Waals surface area contributed by atoms with Gasteiger partial charge in [0.1, 0.15) is 12.1 Å². The molecule has 3 aromatic rings. The number of anilines is 1. The molecule has 1 aliphatic rings. The van der Waals surface area contributed by atoms with Crippen LogP contribution in [0.15, 0.2) is 55.0 Å². The molecule has 4 heteroatoms. The summed E-state index contributed by atoms with van der Waals surface area (Å²) in [4.78, 5) is 22.2. The van der Waals surface area contributed by atoms with Crippen molar-refractivity contribution >= 4 is 12.1 Å². The highest BCUT2D eigenvalue weighted by atomic mass is 16.1. The molecule has 4 nitrogen and oxygen atoms in total. The summed E-state index contributed by atoms with van der Waals surface area (Å²) in [6.45, 7) is 6.05. The molecular weight excluding hydrogens is 346 g/mol. The SMILES string of the molecule is Cc1cc(-c2ccc(N3CCC(C=O)CC3)nc2)ccc1-c1cnccc1C. The summed E-state index contributed by atoms with van der Waals surface area (Å²) in [6, 6.07) is 12.8. The molecule has 1 saturated heterocycles. The minimum absolute atomic E-state index is 0.209. The van der Waals surface area contributed by atoms with Gasteiger partial charge in [-0.3, -0.25) is 4.98 Å². The van der Waals surface area contributed by atoms with Gasteiger partial charge in [0.05, 0.1) is 0 Å². The van der Waals surface area contributed by atoms with E-state index >= 15 is 0 Å². The predicted molar refractivity (Wildman–Crippen MR) is 113 cm³/mol. The number of hydrogen-bond acceptors (Lipinski definition) is 4. The normalized spacial score (nSPS) is 14.9. The number of aldehydes is 1. The molecular formula is C24H25N3O. The third-order valence-corrected chi connectivity index (χ3v) is 5.69. The van der Waals surface area contributed by atoms with E-state index in [4.69, 9.17) is 0 Å². The van der Waals surface area contributed by atoms with Crippen LogP contribution in [-0.4, -0.2) is 29.3 Å². The maximum Gasteiger partial charge on any atom is 0.128 e. The van der Waals surface area contributed by atoms with Crippen LogP contribution in [0.5, 0.6) is 0 Å². The van der Waals surface area contributed by atoms with Gasteiger partial charge >= 0.3 is 0 Å². The van der Waals surface area contributed by atoms with E-state index in [1.54, 1.807) is 0 Å². The average molecular weight is 371 g/mol. The Hall–Kier alpha value is -3.01. The molecule has 3 heterocycles. The maximum atomic E-state index is 10.9. The Kier molecular flexibility index (Phi) is 5.20. The number of benzene rings is 1. The fraction of sp³-hybridized carbons (Fsp3) is 0.292. The summed E-state index contributed by atoms with van der Waals surface area (Å²) >= 11 is 0. The highest BCUT2D eigenvalue weighted by molar-refractivity contribution is 5.74. The van der Waals surface area contributed by atoms with E-state index in [2.05, 4.69) is 59.0 Å². The van der Waals surface area contributed by atoms with Gasteiger partial charge in [-0.05, 0) is 67.1 Å². The largest absolute Gasteiger partial charge is 0.357 e. The van der Waals surface area contributed by atoms with E-state index in [1.807, 2.05) is 24.7 Å². The van der Waals surface area contributed by atoms with E-state index in [1.165, 1.54) is 27.8 Å². The zero-order chi connectivity index (χ0) is 19.5. The van der Waals surface area contributed by atoms with Crippen molar-refractivity contribution < 1.29 is 4.79 Å². The van der Waals surface area contributed by atoms with Crippen molar-refractivity contribution in [2.45, 2.75) is 26.7 Å².